The fraction of sp³-hybridized carbons (Fsp3) is 0.850. The second-order valence-corrected chi connectivity index (χ2v) is 9.00. The number of hydrogen-bond donors (Lipinski definition) is 1. The summed E-state index contributed by atoms with van der Waals surface area (Å²) in [5.74, 6) is 2.93. The molecule has 0 aliphatic heterocycles. The van der Waals surface area contributed by atoms with Crippen molar-refractivity contribution in [3.8, 4) is 0 Å². The Morgan fingerprint density at radius 3 is 2.59 bits per heavy atom. The van der Waals surface area contributed by atoms with E-state index in [0.29, 0.717) is 17.6 Å². The normalized spacial score (nSPS) is 50.5. The molecule has 3 fully saturated rings. The Morgan fingerprint density at radius 2 is 1.86 bits per heavy atom. The topological polar surface area (TPSA) is 43.1 Å². The number of carbonyl (C=O) groups is 1. The summed E-state index contributed by atoms with van der Waals surface area (Å²) in [6, 6.07) is 0. The molecule has 3 saturated carbocycles. The van der Waals surface area contributed by atoms with E-state index in [1.165, 1.54) is 44.9 Å². The van der Waals surface area contributed by atoms with Gasteiger partial charge in [0.1, 0.15) is 5.78 Å². The molecule has 4 aliphatic rings. The highest BCUT2D eigenvalue weighted by atomic mass is 16.1. The van der Waals surface area contributed by atoms with Crippen molar-refractivity contribution < 1.29 is 4.79 Å². The molecule has 0 spiro atoms. The molecule has 0 saturated heterocycles. The van der Waals surface area contributed by atoms with Gasteiger partial charge in [-0.3, -0.25) is 4.79 Å². The molecule has 0 aromatic carbocycles. The number of carbonyl (C=O) groups excluding carboxylic acids is 1. The number of rotatable bonds is 1. The highest BCUT2D eigenvalue weighted by Gasteiger charge is 2.60. The lowest BCUT2D eigenvalue weighted by Crippen LogP contribution is -2.57. The van der Waals surface area contributed by atoms with Crippen molar-refractivity contribution >= 4 is 5.78 Å². The number of nitrogens with two attached hydrogens (primary N) is 1. The van der Waals surface area contributed by atoms with Crippen LogP contribution in [0.1, 0.15) is 72.1 Å². The Morgan fingerprint density at radius 1 is 1.09 bits per heavy atom. The van der Waals surface area contributed by atoms with Crippen LogP contribution in [0.5, 0.6) is 0 Å². The fourth-order valence-electron chi connectivity index (χ4n) is 7.26. The van der Waals surface area contributed by atoms with Crippen LogP contribution in [0, 0.1) is 29.1 Å². The molecule has 22 heavy (non-hydrogen) atoms. The van der Waals surface area contributed by atoms with Crippen molar-refractivity contribution in [2.75, 3.05) is 0 Å². The number of fused-ring (bicyclic) bond motifs is 5. The average Bonchev–Trinajstić information content (AvgIpc) is 2.96. The van der Waals surface area contributed by atoms with Crippen LogP contribution in [0.4, 0.5) is 0 Å². The summed E-state index contributed by atoms with van der Waals surface area (Å²) in [6.45, 7) is 6.54. The molecule has 0 aromatic heterocycles. The molecule has 4 aliphatic carbocycles. The predicted octanol–water partition coefficient (Wildman–Crippen LogP) is 4.24. The smallest absolute Gasteiger partial charge is 0.133 e. The Hall–Kier alpha value is -0.630. The van der Waals surface area contributed by atoms with Crippen LogP contribution in [0.15, 0.2) is 11.1 Å². The van der Waals surface area contributed by atoms with Gasteiger partial charge in [-0.15, -0.1) is 0 Å². The zero-order valence-corrected chi connectivity index (χ0v) is 14.5. The van der Waals surface area contributed by atoms with Crippen molar-refractivity contribution in [2.24, 2.45) is 34.8 Å². The van der Waals surface area contributed by atoms with E-state index in [1.807, 2.05) is 6.92 Å². The molecule has 0 radical (unpaired) electrons. The molecule has 0 bridgehead atoms. The maximum atomic E-state index is 12.1. The van der Waals surface area contributed by atoms with Gasteiger partial charge in [0.2, 0.25) is 0 Å². The first-order valence-corrected chi connectivity index (χ1v) is 9.36. The molecular weight excluding hydrogens is 270 g/mol. The molecular formula is C20H31NO. The average molecular weight is 301 g/mol. The third-order valence-corrected chi connectivity index (χ3v) is 8.31. The van der Waals surface area contributed by atoms with E-state index >= 15 is 0 Å². The number of allylic oxidation sites excluding steroid dienone is 1. The van der Waals surface area contributed by atoms with Crippen LogP contribution in [0.25, 0.3) is 0 Å². The van der Waals surface area contributed by atoms with Crippen molar-refractivity contribution in [3.63, 3.8) is 0 Å². The van der Waals surface area contributed by atoms with Gasteiger partial charge in [0.25, 0.3) is 0 Å². The first kappa shape index (κ1) is 14.9. The minimum absolute atomic E-state index is 0.00262. The quantitative estimate of drug-likeness (QED) is 0.736. The number of ketones is 1. The lowest BCUT2D eigenvalue weighted by Gasteiger charge is -2.56. The maximum Gasteiger partial charge on any atom is 0.133 e. The van der Waals surface area contributed by atoms with Crippen molar-refractivity contribution in [3.05, 3.63) is 11.1 Å². The third kappa shape index (κ3) is 1.74. The van der Waals surface area contributed by atoms with Gasteiger partial charge in [-0.05, 0) is 88.4 Å². The van der Waals surface area contributed by atoms with Crippen molar-refractivity contribution in [1.29, 1.82) is 0 Å². The second-order valence-electron chi connectivity index (χ2n) is 9.00. The van der Waals surface area contributed by atoms with E-state index in [1.54, 1.807) is 11.1 Å². The first-order valence-electron chi connectivity index (χ1n) is 9.36. The van der Waals surface area contributed by atoms with Gasteiger partial charge in [-0.25, -0.2) is 0 Å². The summed E-state index contributed by atoms with van der Waals surface area (Å²) >= 11 is 0. The molecule has 2 nitrogen and oxygen atoms in total. The standard InChI is InChI=1S/C20H31NO/c1-12-8-11-20(21)15(12)5-4-14-17-7-6-16(13(2)22)19(17,3)10-9-18(14)20/h14,16-18H,4-11,21H2,1-3H3/t14-,16+,17-,18-,19+,20+/m1/s1. The molecule has 0 amide bonds. The predicted molar refractivity (Wildman–Crippen MR) is 89.3 cm³/mol. The van der Waals surface area contributed by atoms with Gasteiger partial charge in [-0.1, -0.05) is 18.1 Å². The van der Waals surface area contributed by atoms with E-state index < -0.39 is 0 Å². The Bertz CT molecular complexity index is 550. The minimum Gasteiger partial charge on any atom is -0.321 e. The van der Waals surface area contributed by atoms with Gasteiger partial charge >= 0.3 is 0 Å². The van der Waals surface area contributed by atoms with Gasteiger partial charge in [0.05, 0.1) is 0 Å². The van der Waals surface area contributed by atoms with Gasteiger partial charge in [0.15, 0.2) is 0 Å². The van der Waals surface area contributed by atoms with Crippen LogP contribution in [0.3, 0.4) is 0 Å². The largest absolute Gasteiger partial charge is 0.321 e. The van der Waals surface area contributed by atoms with E-state index in [9.17, 15) is 4.79 Å². The Labute approximate surface area is 134 Å². The van der Waals surface area contributed by atoms with E-state index in [0.717, 1.165) is 18.3 Å². The van der Waals surface area contributed by atoms with E-state index in [4.69, 9.17) is 5.73 Å². The zero-order chi connectivity index (χ0) is 15.7. The highest BCUT2D eigenvalue weighted by Crippen LogP contribution is 2.64. The zero-order valence-electron chi connectivity index (χ0n) is 14.5. The molecule has 0 heterocycles. The molecule has 2 heteroatoms. The van der Waals surface area contributed by atoms with Gasteiger partial charge in [-0.2, -0.15) is 0 Å². The molecule has 6 atom stereocenters. The number of hydrogen-bond acceptors (Lipinski definition) is 2. The van der Waals surface area contributed by atoms with Gasteiger partial charge in [0, 0.05) is 11.5 Å². The van der Waals surface area contributed by atoms with Crippen molar-refractivity contribution in [2.45, 2.75) is 77.7 Å². The monoisotopic (exact) mass is 301 g/mol. The van der Waals surface area contributed by atoms with E-state index in [2.05, 4.69) is 13.8 Å². The molecule has 4 rings (SSSR count). The maximum absolute atomic E-state index is 12.1. The summed E-state index contributed by atoms with van der Waals surface area (Å²) in [5.41, 5.74) is 10.5. The summed E-state index contributed by atoms with van der Waals surface area (Å²) in [6.07, 6.45) is 9.78. The van der Waals surface area contributed by atoms with E-state index in [-0.39, 0.29) is 11.0 Å². The number of Topliss-reactive ketones (excluding diaryl/α,β-unsaturated/α-hetero) is 1. The summed E-state index contributed by atoms with van der Waals surface area (Å²) in [5, 5.41) is 0. The van der Waals surface area contributed by atoms with Crippen LogP contribution in [-0.2, 0) is 4.79 Å². The van der Waals surface area contributed by atoms with Gasteiger partial charge < -0.3 is 5.73 Å². The van der Waals surface area contributed by atoms with Crippen LogP contribution >= 0.6 is 0 Å². The summed E-state index contributed by atoms with van der Waals surface area (Å²) < 4.78 is 0. The fourth-order valence-corrected chi connectivity index (χ4v) is 7.26. The SMILES string of the molecule is CC(=O)[C@@H]1CC[C@@H]2[C@H]3CCC4=C(C)CC[C@@]4(N)[C@@H]3CC[C@]21C. The van der Waals surface area contributed by atoms with Crippen molar-refractivity contribution in [1.82, 2.24) is 0 Å². The lowest BCUT2D eigenvalue weighted by atomic mass is 9.50. The molecule has 122 valence electrons. The summed E-state index contributed by atoms with van der Waals surface area (Å²) in [7, 11) is 0. The Kier molecular flexibility index (Phi) is 3.18. The van der Waals surface area contributed by atoms with Crippen LogP contribution in [-0.4, -0.2) is 11.3 Å². The molecule has 0 unspecified atom stereocenters. The molecule has 2 N–H and O–H groups in total. The van der Waals surface area contributed by atoms with Crippen LogP contribution in [0.2, 0.25) is 0 Å². The van der Waals surface area contributed by atoms with Crippen LogP contribution < -0.4 is 5.73 Å². The third-order valence-electron chi connectivity index (χ3n) is 8.31. The summed E-state index contributed by atoms with van der Waals surface area (Å²) in [4.78, 5) is 12.1. The second kappa shape index (κ2) is 4.69. The first-order chi connectivity index (χ1) is 10.4. The highest BCUT2D eigenvalue weighted by molar-refractivity contribution is 5.79. The Balaban J connectivity index is 1.68. The minimum atomic E-state index is 0.00262. The molecule has 0 aromatic rings. The lowest BCUT2D eigenvalue weighted by molar-refractivity contribution is -0.126.